The van der Waals surface area contributed by atoms with Gasteiger partial charge in [-0.2, -0.15) is 0 Å². The molecule has 15 atom stereocenters. The van der Waals surface area contributed by atoms with Gasteiger partial charge in [0.2, 0.25) is 5.79 Å². The van der Waals surface area contributed by atoms with Crippen molar-refractivity contribution in [1.29, 1.82) is 0 Å². The summed E-state index contributed by atoms with van der Waals surface area (Å²) in [5.41, 5.74) is 0.841. The predicted molar refractivity (Wildman–Crippen MR) is 236 cm³/mol. The summed E-state index contributed by atoms with van der Waals surface area (Å²) in [6.45, 7) is 12.1. The summed E-state index contributed by atoms with van der Waals surface area (Å²) in [7, 11) is 1.55. The van der Waals surface area contributed by atoms with E-state index in [1.807, 2.05) is 26.0 Å². The standard InChI is InChI=1S/C49H75NO13/c1-28-14-10-9-11-15-29(2)39(52)26-36-19-17-34(7)49(60,63-36)46(57)47(58)50-21-13-12-16-37(50)48(59)62-41(31(4)24-35-18-20-38(51)42(25-35)61-8)27-40(53)30(3)23-33(6)44(55)45(56)43(54)32(5)22-28/h9-11,14-15,23,28,30-32,34-39,41-42,44-45,51-52,55-56,60H,12-13,16-22,24-27H2,1-8H3/b11-9+,14-10-,29-15+,33-23+. The number of allylic oxidation sites excluding steroid dienone is 6. The number of hydrogen-bond donors (Lipinski definition) is 5. The van der Waals surface area contributed by atoms with Crippen molar-refractivity contribution in [3.63, 3.8) is 0 Å². The molecule has 14 nitrogen and oxygen atoms in total. The van der Waals surface area contributed by atoms with Crippen LogP contribution >= 0.6 is 0 Å². The number of amides is 1. The summed E-state index contributed by atoms with van der Waals surface area (Å²) in [6, 6.07) is -1.17. The number of piperidine rings is 1. The number of hydrogen-bond acceptors (Lipinski definition) is 13. The third-order valence-electron chi connectivity index (χ3n) is 14.0. The van der Waals surface area contributed by atoms with Crippen molar-refractivity contribution in [3.8, 4) is 0 Å². The van der Waals surface area contributed by atoms with E-state index < -0.39 is 89.6 Å². The Bertz CT molecular complexity index is 1720. The van der Waals surface area contributed by atoms with Gasteiger partial charge < -0.3 is 44.6 Å². The van der Waals surface area contributed by atoms with Gasteiger partial charge in [-0.25, -0.2) is 4.79 Å². The van der Waals surface area contributed by atoms with Crippen molar-refractivity contribution >= 4 is 29.2 Å². The number of carbonyl (C=O) groups excluding carboxylic acids is 5. The van der Waals surface area contributed by atoms with Crippen LogP contribution < -0.4 is 0 Å². The molecule has 1 saturated carbocycles. The second-order valence-corrected chi connectivity index (χ2v) is 19.2. The van der Waals surface area contributed by atoms with Gasteiger partial charge in [0.1, 0.15) is 30.1 Å². The minimum atomic E-state index is -2.49. The smallest absolute Gasteiger partial charge is 0.329 e. The fourth-order valence-electron chi connectivity index (χ4n) is 9.62. The van der Waals surface area contributed by atoms with Crippen LogP contribution in [0.2, 0.25) is 0 Å². The molecular formula is C49H75NO13. The summed E-state index contributed by atoms with van der Waals surface area (Å²) >= 11 is 0. The molecule has 2 bridgehead atoms. The van der Waals surface area contributed by atoms with Crippen LogP contribution in [0, 0.1) is 35.5 Å². The van der Waals surface area contributed by atoms with Gasteiger partial charge in [0.05, 0.1) is 24.4 Å². The first kappa shape index (κ1) is 52.3. The van der Waals surface area contributed by atoms with Gasteiger partial charge in [0, 0.05) is 44.2 Å². The molecule has 0 aromatic rings. The second-order valence-electron chi connectivity index (χ2n) is 19.2. The van der Waals surface area contributed by atoms with Crippen molar-refractivity contribution in [1.82, 2.24) is 4.90 Å². The zero-order chi connectivity index (χ0) is 46.8. The monoisotopic (exact) mass is 886 g/mol. The first-order valence-electron chi connectivity index (χ1n) is 23.2. The maximum absolute atomic E-state index is 14.3. The molecule has 354 valence electrons. The van der Waals surface area contributed by atoms with Gasteiger partial charge in [-0.3, -0.25) is 19.2 Å². The maximum Gasteiger partial charge on any atom is 0.329 e. The Balaban J connectivity index is 1.67. The lowest BCUT2D eigenvalue weighted by Crippen LogP contribution is -2.61. The highest BCUT2D eigenvalue weighted by molar-refractivity contribution is 6.39. The number of Topliss-reactive ketones (excluding diaryl/α,β-unsaturated/α-hetero) is 3. The van der Waals surface area contributed by atoms with E-state index in [9.17, 15) is 49.5 Å². The molecule has 63 heavy (non-hydrogen) atoms. The first-order chi connectivity index (χ1) is 29.7. The van der Waals surface area contributed by atoms with Crippen LogP contribution in [0.5, 0.6) is 0 Å². The molecule has 1 amide bonds. The SMILES string of the molecule is COC1CC(CC(C)C2CC(=O)C(C)/C=C(\C)C(O)C(O)C(=O)C(C)CC(C)\C=C/C=C/C=C(\C)C(O)CC3CCC(C)C(O)(O3)C(=O)C(=O)N3CCCCC3C(=O)O2)CCC1O. The van der Waals surface area contributed by atoms with Gasteiger partial charge in [-0.1, -0.05) is 71.1 Å². The minimum Gasteiger partial charge on any atom is -0.460 e. The van der Waals surface area contributed by atoms with Crippen molar-refractivity contribution in [3.05, 3.63) is 47.6 Å². The Labute approximate surface area is 373 Å². The highest BCUT2D eigenvalue weighted by Crippen LogP contribution is 2.37. The number of fused-ring (bicyclic) bond motifs is 3. The zero-order valence-electron chi connectivity index (χ0n) is 38.7. The Morgan fingerprint density at radius 2 is 1.57 bits per heavy atom. The van der Waals surface area contributed by atoms with Crippen LogP contribution in [0.1, 0.15) is 126 Å². The molecule has 3 fully saturated rings. The lowest BCUT2D eigenvalue weighted by atomic mass is 9.78. The number of ether oxygens (including phenoxy) is 3. The quantitative estimate of drug-likeness (QED) is 0.145. The van der Waals surface area contributed by atoms with E-state index in [0.29, 0.717) is 63.4 Å². The van der Waals surface area contributed by atoms with Gasteiger partial charge in [-0.05, 0) is 107 Å². The molecule has 3 aliphatic heterocycles. The van der Waals surface area contributed by atoms with E-state index in [-0.39, 0.29) is 61.0 Å². The van der Waals surface area contributed by atoms with Crippen molar-refractivity contribution in [2.45, 2.75) is 180 Å². The van der Waals surface area contributed by atoms with Crippen LogP contribution in [-0.2, 0) is 38.2 Å². The van der Waals surface area contributed by atoms with Gasteiger partial charge in [0.15, 0.2) is 5.78 Å². The number of rotatable bonds is 4. The van der Waals surface area contributed by atoms with Gasteiger partial charge >= 0.3 is 5.97 Å². The number of nitrogens with zero attached hydrogens (tertiary/aromatic N) is 1. The molecule has 0 aromatic carbocycles. The number of ketones is 3. The van der Waals surface area contributed by atoms with E-state index in [2.05, 4.69) is 0 Å². The van der Waals surface area contributed by atoms with Crippen molar-refractivity contribution < 1.29 is 63.7 Å². The lowest BCUT2D eigenvalue weighted by Gasteiger charge is -2.42. The Morgan fingerprint density at radius 3 is 2.27 bits per heavy atom. The molecule has 4 rings (SSSR count). The van der Waals surface area contributed by atoms with E-state index in [1.54, 1.807) is 60.0 Å². The summed E-state index contributed by atoms with van der Waals surface area (Å²) in [5, 5.41) is 55.4. The molecule has 0 spiro atoms. The number of aliphatic hydroxyl groups excluding tert-OH is 4. The zero-order valence-corrected chi connectivity index (χ0v) is 38.7. The first-order valence-corrected chi connectivity index (χ1v) is 23.2. The molecule has 4 aliphatic rings. The number of carbonyl (C=O) groups is 5. The van der Waals surface area contributed by atoms with Crippen LogP contribution in [0.15, 0.2) is 47.6 Å². The van der Waals surface area contributed by atoms with Crippen LogP contribution in [0.3, 0.4) is 0 Å². The highest BCUT2D eigenvalue weighted by Gasteiger charge is 2.53. The van der Waals surface area contributed by atoms with E-state index >= 15 is 0 Å². The third kappa shape index (κ3) is 13.8. The Hall–Kier alpha value is -3.37. The van der Waals surface area contributed by atoms with Crippen LogP contribution in [0.25, 0.3) is 0 Å². The number of esters is 1. The number of cyclic esters (lactones) is 1. The summed E-state index contributed by atoms with van der Waals surface area (Å²) in [5.74, 6) is -8.87. The van der Waals surface area contributed by atoms with E-state index in [0.717, 1.165) is 4.90 Å². The molecule has 1 aliphatic carbocycles. The predicted octanol–water partition coefficient (Wildman–Crippen LogP) is 4.87. The molecule has 0 radical (unpaired) electrons. The molecule has 5 N–H and O–H groups in total. The molecular weight excluding hydrogens is 811 g/mol. The summed E-state index contributed by atoms with van der Waals surface area (Å²) < 4.78 is 17.7. The van der Waals surface area contributed by atoms with E-state index in [1.165, 1.54) is 6.08 Å². The fraction of sp³-hybridized carbons (Fsp3) is 0.735. The molecule has 14 heteroatoms. The largest absolute Gasteiger partial charge is 0.460 e. The normalized spacial score (nSPS) is 41.3. The highest BCUT2D eigenvalue weighted by atomic mass is 16.6. The molecule has 15 unspecified atom stereocenters. The topological polar surface area (TPSA) is 217 Å². The lowest BCUT2D eigenvalue weighted by molar-refractivity contribution is -0.265. The average molecular weight is 886 g/mol. The number of aliphatic hydroxyl groups is 5. The van der Waals surface area contributed by atoms with Crippen molar-refractivity contribution in [2.24, 2.45) is 35.5 Å². The number of methoxy groups -OCH3 is 1. The molecule has 3 heterocycles. The molecule has 2 saturated heterocycles. The van der Waals surface area contributed by atoms with Gasteiger partial charge in [-0.15, -0.1) is 0 Å². The average Bonchev–Trinajstić information content (AvgIpc) is 3.25. The second kappa shape index (κ2) is 23.7. The molecule has 0 aromatic heterocycles. The Kier molecular flexibility index (Phi) is 19.7. The summed E-state index contributed by atoms with van der Waals surface area (Å²) in [6.07, 6.45) is 8.19. The summed E-state index contributed by atoms with van der Waals surface area (Å²) in [4.78, 5) is 70.9. The van der Waals surface area contributed by atoms with E-state index in [4.69, 9.17) is 14.2 Å². The van der Waals surface area contributed by atoms with Crippen molar-refractivity contribution in [2.75, 3.05) is 13.7 Å². The maximum atomic E-state index is 14.3. The fourth-order valence-corrected chi connectivity index (χ4v) is 9.62. The van der Waals surface area contributed by atoms with Gasteiger partial charge in [0.25, 0.3) is 11.7 Å². The van der Waals surface area contributed by atoms with Crippen LogP contribution in [0.4, 0.5) is 0 Å². The van der Waals surface area contributed by atoms with Crippen LogP contribution in [-0.4, -0.2) is 128 Å². The third-order valence-corrected chi connectivity index (χ3v) is 14.0. The Morgan fingerprint density at radius 1 is 0.857 bits per heavy atom. The minimum absolute atomic E-state index is 0.0566.